The van der Waals surface area contributed by atoms with Gasteiger partial charge in [0.25, 0.3) is 0 Å². The summed E-state index contributed by atoms with van der Waals surface area (Å²) >= 11 is 0. The largest absolute Gasteiger partial charge is 0.379 e. The lowest BCUT2D eigenvalue weighted by atomic mass is 9.94. The molecule has 1 aliphatic heterocycles. The molecule has 1 saturated carbocycles. The molecule has 1 aliphatic carbocycles. The van der Waals surface area contributed by atoms with Gasteiger partial charge in [0.05, 0.1) is 19.3 Å². The predicted molar refractivity (Wildman–Crippen MR) is 57.4 cm³/mol. The third-order valence-corrected chi connectivity index (χ3v) is 3.50. The second-order valence-corrected chi connectivity index (χ2v) is 4.50. The van der Waals surface area contributed by atoms with E-state index >= 15 is 0 Å². The zero-order valence-electron chi connectivity index (χ0n) is 9.33. The second-order valence-electron chi connectivity index (χ2n) is 4.50. The summed E-state index contributed by atoms with van der Waals surface area (Å²) in [6, 6.07) is 2.48. The molecule has 2 fully saturated rings. The van der Waals surface area contributed by atoms with E-state index in [9.17, 15) is 5.26 Å². The zero-order chi connectivity index (χ0) is 10.7. The number of likely N-dealkylation sites (N-methyl/N-ethyl adjacent to an activating group) is 1. The molecule has 4 heteroatoms. The van der Waals surface area contributed by atoms with Gasteiger partial charge in [0.1, 0.15) is 5.54 Å². The minimum Gasteiger partial charge on any atom is -0.379 e. The first-order valence-corrected chi connectivity index (χ1v) is 5.71. The molecular weight excluding hydrogens is 190 g/mol. The standard InChI is InChI=1S/C11H19N3O/c1-13-11(8-12,10-2-3-10)9-14-4-6-15-7-5-14/h10,13H,2-7,9H2,1H3. The topological polar surface area (TPSA) is 48.3 Å². The van der Waals surface area contributed by atoms with Crippen molar-refractivity contribution < 1.29 is 4.74 Å². The highest BCUT2D eigenvalue weighted by Crippen LogP contribution is 2.39. The van der Waals surface area contributed by atoms with Crippen molar-refractivity contribution in [3.8, 4) is 6.07 Å². The van der Waals surface area contributed by atoms with E-state index in [2.05, 4.69) is 16.3 Å². The van der Waals surface area contributed by atoms with Gasteiger partial charge in [-0.25, -0.2) is 0 Å². The normalized spacial score (nSPS) is 26.9. The lowest BCUT2D eigenvalue weighted by molar-refractivity contribution is 0.0274. The molecule has 2 aliphatic rings. The SMILES string of the molecule is CNC(C#N)(CN1CCOCC1)C1CC1. The Kier molecular flexibility index (Phi) is 3.25. The van der Waals surface area contributed by atoms with Gasteiger partial charge in [0.2, 0.25) is 0 Å². The fourth-order valence-electron chi connectivity index (χ4n) is 2.28. The van der Waals surface area contributed by atoms with Crippen LogP contribution in [0.4, 0.5) is 0 Å². The quantitative estimate of drug-likeness (QED) is 0.719. The van der Waals surface area contributed by atoms with Crippen LogP contribution < -0.4 is 5.32 Å². The van der Waals surface area contributed by atoms with Gasteiger partial charge in [0, 0.05) is 19.6 Å². The first kappa shape index (κ1) is 10.9. The highest BCUT2D eigenvalue weighted by Gasteiger charge is 2.45. The number of hydrogen-bond acceptors (Lipinski definition) is 4. The lowest BCUT2D eigenvalue weighted by Gasteiger charge is -2.35. The van der Waals surface area contributed by atoms with Gasteiger partial charge in [-0.05, 0) is 25.8 Å². The molecule has 4 nitrogen and oxygen atoms in total. The number of nitrogens with one attached hydrogen (secondary N) is 1. The van der Waals surface area contributed by atoms with E-state index in [1.165, 1.54) is 12.8 Å². The fraction of sp³-hybridized carbons (Fsp3) is 0.909. The van der Waals surface area contributed by atoms with Crippen LogP contribution in [-0.2, 0) is 4.74 Å². The van der Waals surface area contributed by atoms with Crippen molar-refractivity contribution in [3.05, 3.63) is 0 Å². The summed E-state index contributed by atoms with van der Waals surface area (Å²) in [6.07, 6.45) is 2.39. The van der Waals surface area contributed by atoms with Crippen molar-refractivity contribution in [3.63, 3.8) is 0 Å². The Morgan fingerprint density at radius 1 is 1.47 bits per heavy atom. The van der Waals surface area contributed by atoms with Gasteiger partial charge in [-0.3, -0.25) is 4.90 Å². The van der Waals surface area contributed by atoms with Crippen molar-refractivity contribution in [2.24, 2.45) is 5.92 Å². The number of rotatable bonds is 4. The molecule has 1 atom stereocenters. The molecule has 1 saturated heterocycles. The van der Waals surface area contributed by atoms with Crippen molar-refractivity contribution in [2.75, 3.05) is 39.9 Å². The van der Waals surface area contributed by atoms with E-state index < -0.39 is 0 Å². The number of nitrogens with zero attached hydrogens (tertiary/aromatic N) is 2. The van der Waals surface area contributed by atoms with Crippen LogP contribution in [0.1, 0.15) is 12.8 Å². The van der Waals surface area contributed by atoms with Crippen LogP contribution in [0.25, 0.3) is 0 Å². The highest BCUT2D eigenvalue weighted by molar-refractivity contribution is 5.16. The first-order valence-electron chi connectivity index (χ1n) is 5.71. The van der Waals surface area contributed by atoms with Crippen LogP contribution in [-0.4, -0.2) is 50.3 Å². The average Bonchev–Trinajstić information content (AvgIpc) is 3.12. The maximum atomic E-state index is 9.35. The third-order valence-electron chi connectivity index (χ3n) is 3.50. The maximum Gasteiger partial charge on any atom is 0.122 e. The Balaban J connectivity index is 1.96. The molecular formula is C11H19N3O. The smallest absolute Gasteiger partial charge is 0.122 e. The van der Waals surface area contributed by atoms with Crippen molar-refractivity contribution >= 4 is 0 Å². The third kappa shape index (κ3) is 2.31. The molecule has 0 aromatic carbocycles. The Morgan fingerprint density at radius 3 is 2.60 bits per heavy atom. The van der Waals surface area contributed by atoms with Gasteiger partial charge in [-0.2, -0.15) is 5.26 Å². The van der Waals surface area contributed by atoms with E-state index in [1.807, 2.05) is 7.05 Å². The molecule has 0 amide bonds. The van der Waals surface area contributed by atoms with E-state index in [1.54, 1.807) is 0 Å². The first-order chi connectivity index (χ1) is 7.30. The van der Waals surface area contributed by atoms with Crippen LogP contribution in [0.2, 0.25) is 0 Å². The summed E-state index contributed by atoms with van der Waals surface area (Å²) in [5, 5.41) is 12.6. The Hall–Kier alpha value is -0.630. The monoisotopic (exact) mass is 209 g/mol. The van der Waals surface area contributed by atoms with Crippen molar-refractivity contribution in [1.82, 2.24) is 10.2 Å². The van der Waals surface area contributed by atoms with Crippen LogP contribution in [0, 0.1) is 17.2 Å². The molecule has 84 valence electrons. The molecule has 15 heavy (non-hydrogen) atoms. The van der Waals surface area contributed by atoms with Crippen molar-refractivity contribution in [1.29, 1.82) is 5.26 Å². The maximum absolute atomic E-state index is 9.35. The van der Waals surface area contributed by atoms with Gasteiger partial charge in [-0.1, -0.05) is 0 Å². The molecule has 0 radical (unpaired) electrons. The second kappa shape index (κ2) is 4.48. The Bertz CT molecular complexity index is 253. The van der Waals surface area contributed by atoms with Crippen LogP contribution in [0.3, 0.4) is 0 Å². The summed E-state index contributed by atoms with van der Waals surface area (Å²) in [5.41, 5.74) is -0.322. The number of morpholine rings is 1. The average molecular weight is 209 g/mol. The summed E-state index contributed by atoms with van der Waals surface area (Å²) in [6.45, 7) is 4.36. The van der Waals surface area contributed by atoms with Gasteiger partial charge in [-0.15, -0.1) is 0 Å². The highest BCUT2D eigenvalue weighted by atomic mass is 16.5. The number of ether oxygens (including phenoxy) is 1. The van der Waals surface area contributed by atoms with Gasteiger partial charge >= 0.3 is 0 Å². The lowest BCUT2D eigenvalue weighted by Crippen LogP contribution is -2.55. The molecule has 1 N–H and O–H groups in total. The summed E-state index contributed by atoms with van der Waals surface area (Å²) < 4.78 is 5.31. The molecule has 0 bridgehead atoms. The van der Waals surface area contributed by atoms with Gasteiger partial charge < -0.3 is 10.1 Å². The molecule has 0 spiro atoms. The van der Waals surface area contributed by atoms with Crippen LogP contribution in [0.5, 0.6) is 0 Å². The summed E-state index contributed by atoms with van der Waals surface area (Å²) in [5.74, 6) is 0.551. The van der Waals surface area contributed by atoms with E-state index in [0.717, 1.165) is 32.8 Å². The Labute approximate surface area is 91.2 Å². The summed E-state index contributed by atoms with van der Waals surface area (Å²) in [4.78, 5) is 2.33. The minimum atomic E-state index is -0.322. The molecule has 0 aromatic heterocycles. The molecule has 1 unspecified atom stereocenters. The van der Waals surface area contributed by atoms with Crippen molar-refractivity contribution in [2.45, 2.75) is 18.4 Å². The van der Waals surface area contributed by atoms with Crippen LogP contribution in [0.15, 0.2) is 0 Å². The number of hydrogen-bond donors (Lipinski definition) is 1. The van der Waals surface area contributed by atoms with E-state index in [4.69, 9.17) is 4.74 Å². The molecule has 1 heterocycles. The van der Waals surface area contributed by atoms with Crippen LogP contribution >= 0.6 is 0 Å². The molecule has 0 aromatic rings. The Morgan fingerprint density at radius 2 is 2.13 bits per heavy atom. The number of nitriles is 1. The molecule has 2 rings (SSSR count). The summed E-state index contributed by atoms with van der Waals surface area (Å²) in [7, 11) is 1.90. The van der Waals surface area contributed by atoms with E-state index in [0.29, 0.717) is 5.92 Å². The predicted octanol–water partition coefficient (Wildman–Crippen LogP) is 0.210. The zero-order valence-corrected chi connectivity index (χ0v) is 9.33. The van der Waals surface area contributed by atoms with E-state index in [-0.39, 0.29) is 5.54 Å². The fourth-order valence-corrected chi connectivity index (χ4v) is 2.28. The minimum absolute atomic E-state index is 0.322. The van der Waals surface area contributed by atoms with Gasteiger partial charge in [0.15, 0.2) is 0 Å².